The summed E-state index contributed by atoms with van der Waals surface area (Å²) in [6.45, 7) is 11.2. The number of nitrogens with zero attached hydrogens (tertiary/aromatic N) is 4. The molecule has 1 atom stereocenters. The van der Waals surface area contributed by atoms with Gasteiger partial charge in [0, 0.05) is 44.1 Å². The van der Waals surface area contributed by atoms with Crippen molar-refractivity contribution in [2.45, 2.75) is 40.0 Å². The van der Waals surface area contributed by atoms with Gasteiger partial charge in [0.2, 0.25) is 0 Å². The Morgan fingerprint density at radius 3 is 2.69 bits per heavy atom. The molecule has 3 heterocycles. The van der Waals surface area contributed by atoms with E-state index in [-0.39, 0.29) is 17.2 Å². The van der Waals surface area contributed by atoms with Crippen molar-refractivity contribution in [1.82, 2.24) is 20.0 Å². The van der Waals surface area contributed by atoms with Crippen molar-refractivity contribution in [2.24, 2.45) is 23.4 Å². The van der Waals surface area contributed by atoms with Gasteiger partial charge in [0.25, 0.3) is 11.8 Å². The van der Waals surface area contributed by atoms with Crippen LogP contribution < -0.4 is 5.32 Å². The summed E-state index contributed by atoms with van der Waals surface area (Å²) < 4.78 is 7.36. The fraction of sp³-hybridized carbons (Fsp3) is 0.500. The number of piperidine rings is 1. The van der Waals surface area contributed by atoms with Crippen LogP contribution in [0, 0.1) is 32.1 Å². The summed E-state index contributed by atoms with van der Waals surface area (Å²) in [5.74, 6) is 1.32. The zero-order chi connectivity index (χ0) is 23.0. The van der Waals surface area contributed by atoms with Crippen LogP contribution in [0.3, 0.4) is 0 Å². The van der Waals surface area contributed by atoms with E-state index in [9.17, 15) is 9.59 Å². The highest BCUT2D eigenvalue weighted by Crippen LogP contribution is 2.59. The Morgan fingerprint density at radius 2 is 2.06 bits per heavy atom. The smallest absolute Gasteiger partial charge is 0.287 e. The van der Waals surface area contributed by atoms with Gasteiger partial charge in [0.05, 0.1) is 11.3 Å². The quantitative estimate of drug-likeness (QED) is 0.702. The third kappa shape index (κ3) is 4.01. The van der Waals surface area contributed by atoms with Crippen LogP contribution in [0.4, 0.5) is 0 Å². The molecule has 2 fully saturated rings. The molecule has 1 aliphatic carbocycles. The van der Waals surface area contributed by atoms with Crippen LogP contribution in [0.15, 0.2) is 21.7 Å². The lowest BCUT2D eigenvalue weighted by Crippen LogP contribution is -2.40. The summed E-state index contributed by atoms with van der Waals surface area (Å²) in [6.07, 6.45) is 6.38. The Bertz CT molecular complexity index is 1090. The van der Waals surface area contributed by atoms with Crippen molar-refractivity contribution in [3.05, 3.63) is 46.3 Å². The lowest BCUT2D eigenvalue weighted by Gasteiger charge is -2.33. The summed E-state index contributed by atoms with van der Waals surface area (Å²) in [6, 6.07) is 1.72. The number of carbonyl (C=O) groups is 2. The first-order valence-corrected chi connectivity index (χ1v) is 11.1. The maximum Gasteiger partial charge on any atom is 0.287 e. The van der Waals surface area contributed by atoms with Gasteiger partial charge in [-0.05, 0) is 70.2 Å². The van der Waals surface area contributed by atoms with Crippen LogP contribution in [0.2, 0.25) is 0 Å². The molecule has 2 amide bonds. The van der Waals surface area contributed by atoms with Crippen molar-refractivity contribution < 1.29 is 14.0 Å². The SMILES string of the molecule is C=N/C=C\c1cc(C(=O)NCC2CC23CCN(C(=O)c2c(C)nn(C)c2C)CC3)oc1C. The van der Waals surface area contributed by atoms with E-state index in [1.807, 2.05) is 32.7 Å². The van der Waals surface area contributed by atoms with Crippen LogP contribution in [0.5, 0.6) is 0 Å². The Morgan fingerprint density at radius 1 is 1.34 bits per heavy atom. The minimum Gasteiger partial charge on any atom is -0.456 e. The standard InChI is InChI=1S/C24H31N5O3/c1-15-21(16(2)28(5)27-15)23(31)29-10-7-24(8-11-29)13-19(24)14-26-22(30)20-12-18(6-9-25-4)17(3)32-20/h6,9,12,19H,4,7-8,10-11,13-14H2,1-3,5H3,(H,26,30)/b9-6-. The van der Waals surface area contributed by atoms with Crippen LogP contribution in [0.25, 0.3) is 6.08 Å². The third-order valence-electron chi connectivity index (χ3n) is 7.18. The van der Waals surface area contributed by atoms with E-state index in [1.54, 1.807) is 23.0 Å². The molecule has 2 aromatic rings. The Balaban J connectivity index is 1.29. The Hall–Kier alpha value is -3.16. The fourth-order valence-corrected chi connectivity index (χ4v) is 4.94. The van der Waals surface area contributed by atoms with E-state index in [1.165, 1.54) is 0 Å². The highest BCUT2D eigenvalue weighted by Gasteiger charge is 2.55. The van der Waals surface area contributed by atoms with Crippen LogP contribution in [-0.4, -0.2) is 52.8 Å². The number of furan rings is 1. The average molecular weight is 438 g/mol. The van der Waals surface area contributed by atoms with Gasteiger partial charge in [0.1, 0.15) is 5.76 Å². The zero-order valence-electron chi connectivity index (χ0n) is 19.3. The highest BCUT2D eigenvalue weighted by atomic mass is 16.3. The normalized spacial score (nSPS) is 19.5. The molecule has 0 radical (unpaired) electrons. The van der Waals surface area contributed by atoms with Gasteiger partial charge in [0.15, 0.2) is 5.76 Å². The maximum atomic E-state index is 13.0. The molecular weight excluding hydrogens is 406 g/mol. The van der Waals surface area contributed by atoms with Gasteiger partial charge in [-0.15, -0.1) is 0 Å². The average Bonchev–Trinajstić information content (AvgIpc) is 3.18. The van der Waals surface area contributed by atoms with Gasteiger partial charge in [-0.2, -0.15) is 5.10 Å². The summed E-state index contributed by atoms with van der Waals surface area (Å²) >= 11 is 0. The highest BCUT2D eigenvalue weighted by molar-refractivity contribution is 5.96. The van der Waals surface area contributed by atoms with Crippen molar-refractivity contribution in [3.8, 4) is 0 Å². The van der Waals surface area contributed by atoms with Crippen molar-refractivity contribution >= 4 is 24.6 Å². The molecule has 8 heteroatoms. The number of aromatic nitrogens is 2. The van der Waals surface area contributed by atoms with E-state index in [0.717, 1.165) is 54.9 Å². The van der Waals surface area contributed by atoms with Crippen LogP contribution in [0.1, 0.15) is 62.9 Å². The van der Waals surface area contributed by atoms with Crippen molar-refractivity contribution in [2.75, 3.05) is 19.6 Å². The molecule has 1 saturated heterocycles. The van der Waals surface area contributed by atoms with Crippen molar-refractivity contribution in [1.29, 1.82) is 0 Å². The number of carbonyl (C=O) groups excluding carboxylic acids is 2. The Kier molecular flexibility index (Phi) is 5.79. The fourth-order valence-electron chi connectivity index (χ4n) is 4.94. The van der Waals surface area contributed by atoms with E-state index in [2.05, 4.69) is 22.1 Å². The molecule has 1 N–H and O–H groups in total. The molecule has 4 rings (SSSR count). The third-order valence-corrected chi connectivity index (χ3v) is 7.18. The molecule has 170 valence electrons. The molecule has 2 aromatic heterocycles. The molecule has 32 heavy (non-hydrogen) atoms. The minimum absolute atomic E-state index is 0.0816. The van der Waals surface area contributed by atoms with Gasteiger partial charge in [-0.3, -0.25) is 19.3 Å². The van der Waals surface area contributed by atoms with E-state index in [4.69, 9.17) is 4.42 Å². The molecular formula is C24H31N5O3. The zero-order valence-corrected chi connectivity index (χ0v) is 19.3. The number of hydrogen-bond donors (Lipinski definition) is 1. The number of aryl methyl sites for hydroxylation is 3. The van der Waals surface area contributed by atoms with Gasteiger partial charge < -0.3 is 14.6 Å². The van der Waals surface area contributed by atoms with E-state index in [0.29, 0.717) is 24.0 Å². The molecule has 0 bridgehead atoms. The first kappa shape index (κ1) is 22.0. The largest absolute Gasteiger partial charge is 0.456 e. The molecule has 2 aliphatic rings. The minimum atomic E-state index is -0.198. The second kappa shape index (κ2) is 8.41. The predicted octanol–water partition coefficient (Wildman–Crippen LogP) is 3.28. The molecule has 1 spiro atoms. The monoisotopic (exact) mass is 437 g/mol. The predicted molar refractivity (Wildman–Crippen MR) is 123 cm³/mol. The number of amides is 2. The van der Waals surface area contributed by atoms with Crippen molar-refractivity contribution in [3.63, 3.8) is 0 Å². The summed E-state index contributed by atoms with van der Waals surface area (Å²) in [7, 11) is 1.87. The lowest BCUT2D eigenvalue weighted by molar-refractivity contribution is 0.0667. The second-order valence-electron chi connectivity index (χ2n) is 9.06. The van der Waals surface area contributed by atoms with E-state index >= 15 is 0 Å². The number of aliphatic imine (C=N–C) groups is 1. The molecule has 1 unspecified atom stereocenters. The summed E-state index contributed by atoms with van der Waals surface area (Å²) in [4.78, 5) is 31.2. The lowest BCUT2D eigenvalue weighted by atomic mass is 9.90. The number of hydrogen-bond acceptors (Lipinski definition) is 5. The maximum absolute atomic E-state index is 13.0. The van der Waals surface area contributed by atoms with Crippen LogP contribution in [-0.2, 0) is 7.05 Å². The summed E-state index contributed by atoms with van der Waals surface area (Å²) in [5, 5.41) is 7.40. The first-order chi connectivity index (χ1) is 15.3. The molecule has 1 saturated carbocycles. The van der Waals surface area contributed by atoms with Gasteiger partial charge in [-0.1, -0.05) is 0 Å². The molecule has 8 nitrogen and oxygen atoms in total. The van der Waals surface area contributed by atoms with Crippen LogP contribution >= 0.6 is 0 Å². The molecule has 1 aliphatic heterocycles. The summed E-state index contributed by atoms with van der Waals surface area (Å²) in [5.41, 5.74) is 3.49. The molecule has 0 aromatic carbocycles. The number of nitrogens with one attached hydrogen (secondary N) is 1. The second-order valence-corrected chi connectivity index (χ2v) is 9.06. The number of rotatable bonds is 6. The number of likely N-dealkylation sites (tertiary alicyclic amines) is 1. The first-order valence-electron chi connectivity index (χ1n) is 11.1. The Labute approximate surface area is 188 Å². The van der Waals surface area contributed by atoms with Gasteiger partial charge >= 0.3 is 0 Å². The van der Waals surface area contributed by atoms with E-state index < -0.39 is 0 Å². The topological polar surface area (TPSA) is 92.7 Å². The van der Waals surface area contributed by atoms with Gasteiger partial charge in [-0.25, -0.2) is 0 Å².